The molecule has 0 unspecified atom stereocenters. The van der Waals surface area contributed by atoms with Crippen LogP contribution in [0.2, 0.25) is 0 Å². The summed E-state index contributed by atoms with van der Waals surface area (Å²) in [7, 11) is 1.76. The molecular formula is C27H35N5O3. The molecule has 0 aromatic heterocycles. The highest BCUT2D eigenvalue weighted by molar-refractivity contribution is 6.01. The number of aryl methyl sites for hydroxylation is 2. The van der Waals surface area contributed by atoms with Crippen molar-refractivity contribution in [3.8, 4) is 0 Å². The fourth-order valence-electron chi connectivity index (χ4n) is 4.78. The van der Waals surface area contributed by atoms with Crippen molar-refractivity contribution in [2.45, 2.75) is 33.1 Å². The molecule has 8 heteroatoms. The molecule has 186 valence electrons. The highest BCUT2D eigenvalue weighted by atomic mass is 16.2. The van der Waals surface area contributed by atoms with E-state index in [1.807, 2.05) is 43.3 Å². The van der Waals surface area contributed by atoms with Gasteiger partial charge in [0, 0.05) is 44.0 Å². The lowest BCUT2D eigenvalue weighted by molar-refractivity contribution is -0.139. The Bertz CT molecular complexity index is 1100. The summed E-state index contributed by atoms with van der Waals surface area (Å²) >= 11 is 0. The first-order chi connectivity index (χ1) is 16.9. The van der Waals surface area contributed by atoms with Crippen molar-refractivity contribution in [1.82, 2.24) is 20.7 Å². The van der Waals surface area contributed by atoms with Crippen LogP contribution in [0.5, 0.6) is 0 Å². The van der Waals surface area contributed by atoms with Gasteiger partial charge in [-0.05, 0) is 54.6 Å². The van der Waals surface area contributed by atoms with Crippen molar-refractivity contribution in [1.29, 1.82) is 0 Å². The Balaban J connectivity index is 1.51. The molecule has 4 rings (SSSR count). The molecule has 0 bridgehead atoms. The summed E-state index contributed by atoms with van der Waals surface area (Å²) in [6, 6.07) is 3.89. The summed E-state index contributed by atoms with van der Waals surface area (Å²) in [6.07, 6.45) is 10.4. The number of anilines is 1. The van der Waals surface area contributed by atoms with Gasteiger partial charge in [0.2, 0.25) is 5.91 Å². The number of hydrogen-bond acceptors (Lipinski definition) is 6. The molecule has 2 N–H and O–H groups in total. The maximum atomic E-state index is 13.4. The Morgan fingerprint density at radius 2 is 1.94 bits per heavy atom. The van der Waals surface area contributed by atoms with Gasteiger partial charge in [-0.15, -0.1) is 0 Å². The molecule has 1 aromatic rings. The standard InChI is InChI=1S/C27H35N5O3/c1-4-28-11-12-29-26(34)17-31(24-14-23-20(13-19(24)2)9-10-25(23)33)18-27(35)30(3)32-15-21-7-5-6-8-22(21)16-32/h5-7,13-14,16,28H,4,8-12,15,17-18H2,1-3H3,(H,29,34). The number of amides is 2. The normalized spacial score (nSPS) is 16.0. The van der Waals surface area contributed by atoms with E-state index in [9.17, 15) is 14.4 Å². The average Bonchev–Trinajstić information content (AvgIpc) is 3.43. The number of ketones is 1. The third kappa shape index (κ3) is 5.65. The smallest absolute Gasteiger partial charge is 0.260 e. The Labute approximate surface area is 207 Å². The zero-order valence-electron chi connectivity index (χ0n) is 20.9. The highest BCUT2D eigenvalue weighted by Crippen LogP contribution is 2.31. The van der Waals surface area contributed by atoms with Gasteiger partial charge in [0.15, 0.2) is 5.78 Å². The van der Waals surface area contributed by atoms with Gasteiger partial charge in [-0.3, -0.25) is 24.4 Å². The van der Waals surface area contributed by atoms with Gasteiger partial charge in [-0.25, -0.2) is 0 Å². The molecule has 0 saturated heterocycles. The Kier molecular flexibility index (Phi) is 7.70. The summed E-state index contributed by atoms with van der Waals surface area (Å²) in [5.41, 5.74) is 5.90. The lowest BCUT2D eigenvalue weighted by Gasteiger charge is -2.32. The zero-order chi connectivity index (χ0) is 24.9. The lowest BCUT2D eigenvalue weighted by Crippen LogP contribution is -2.48. The molecule has 8 nitrogen and oxygen atoms in total. The van der Waals surface area contributed by atoms with E-state index in [0.717, 1.165) is 36.2 Å². The Morgan fingerprint density at radius 1 is 1.11 bits per heavy atom. The van der Waals surface area contributed by atoms with Gasteiger partial charge in [-0.2, -0.15) is 0 Å². The van der Waals surface area contributed by atoms with Crippen LogP contribution in [0.25, 0.3) is 0 Å². The van der Waals surface area contributed by atoms with Crippen molar-refractivity contribution in [3.05, 3.63) is 64.4 Å². The number of carbonyl (C=O) groups excluding carboxylic acids is 3. The van der Waals surface area contributed by atoms with Gasteiger partial charge < -0.3 is 15.5 Å². The lowest BCUT2D eigenvalue weighted by atomic mass is 10.0. The van der Waals surface area contributed by atoms with E-state index in [4.69, 9.17) is 0 Å². The van der Waals surface area contributed by atoms with Crippen molar-refractivity contribution in [2.75, 3.05) is 51.2 Å². The number of hydrogen-bond donors (Lipinski definition) is 2. The van der Waals surface area contributed by atoms with E-state index in [2.05, 4.69) is 22.8 Å². The van der Waals surface area contributed by atoms with E-state index in [0.29, 0.717) is 31.6 Å². The summed E-state index contributed by atoms with van der Waals surface area (Å²) in [4.78, 5) is 40.3. The number of hydrazine groups is 1. The van der Waals surface area contributed by atoms with Gasteiger partial charge in [-0.1, -0.05) is 31.2 Å². The summed E-state index contributed by atoms with van der Waals surface area (Å²) in [6.45, 7) is 6.74. The van der Waals surface area contributed by atoms with Gasteiger partial charge in [0.25, 0.3) is 5.91 Å². The third-order valence-electron chi connectivity index (χ3n) is 6.79. The molecule has 0 radical (unpaired) electrons. The van der Waals surface area contributed by atoms with Gasteiger partial charge >= 0.3 is 0 Å². The topological polar surface area (TPSA) is 85.0 Å². The highest BCUT2D eigenvalue weighted by Gasteiger charge is 2.28. The minimum Gasteiger partial charge on any atom is -0.353 e. The number of rotatable bonds is 10. The molecule has 1 heterocycles. The van der Waals surface area contributed by atoms with Crippen molar-refractivity contribution >= 4 is 23.3 Å². The minimum atomic E-state index is -0.157. The average molecular weight is 478 g/mol. The third-order valence-corrected chi connectivity index (χ3v) is 6.79. The number of Topliss-reactive ketones (excluding diaryl/α,β-unsaturated/α-hetero) is 1. The second-order valence-corrected chi connectivity index (χ2v) is 9.27. The molecule has 35 heavy (non-hydrogen) atoms. The molecule has 0 spiro atoms. The summed E-state index contributed by atoms with van der Waals surface area (Å²) in [5.74, 6) is -0.163. The van der Waals surface area contributed by atoms with Crippen LogP contribution in [0.4, 0.5) is 5.69 Å². The molecule has 0 atom stereocenters. The SMILES string of the molecule is CCNCCNC(=O)CN(CC(=O)N(C)N1C=C2CC=CC=C2C1)c1cc2c(cc1C)CCC2=O. The van der Waals surface area contributed by atoms with Crippen LogP contribution < -0.4 is 15.5 Å². The van der Waals surface area contributed by atoms with E-state index in [1.54, 1.807) is 17.0 Å². The van der Waals surface area contributed by atoms with Crippen LogP contribution in [-0.4, -0.2) is 73.9 Å². The number of fused-ring (bicyclic) bond motifs is 2. The van der Waals surface area contributed by atoms with E-state index in [-0.39, 0.29) is 30.7 Å². The molecule has 3 aliphatic rings. The summed E-state index contributed by atoms with van der Waals surface area (Å²) in [5, 5.41) is 9.65. The summed E-state index contributed by atoms with van der Waals surface area (Å²) < 4.78 is 0. The van der Waals surface area contributed by atoms with Crippen LogP contribution >= 0.6 is 0 Å². The fourth-order valence-corrected chi connectivity index (χ4v) is 4.78. The first kappa shape index (κ1) is 24.7. The van der Waals surface area contributed by atoms with Crippen molar-refractivity contribution in [2.24, 2.45) is 0 Å². The molecule has 1 aliphatic heterocycles. The molecule has 1 aromatic carbocycles. The van der Waals surface area contributed by atoms with E-state index < -0.39 is 0 Å². The molecular weight excluding hydrogens is 442 g/mol. The van der Waals surface area contributed by atoms with E-state index >= 15 is 0 Å². The van der Waals surface area contributed by atoms with Gasteiger partial charge in [0.05, 0.1) is 19.6 Å². The first-order valence-electron chi connectivity index (χ1n) is 12.4. The number of allylic oxidation sites excluding steroid dienone is 3. The Hall–Kier alpha value is -3.39. The Morgan fingerprint density at radius 3 is 2.71 bits per heavy atom. The molecule has 0 fully saturated rings. The van der Waals surface area contributed by atoms with Crippen LogP contribution in [0, 0.1) is 6.92 Å². The number of likely N-dealkylation sites (N-methyl/N-ethyl adjacent to an activating group) is 2. The van der Waals surface area contributed by atoms with E-state index in [1.165, 1.54) is 11.1 Å². The molecule has 0 saturated carbocycles. The zero-order valence-corrected chi connectivity index (χ0v) is 20.9. The maximum Gasteiger partial charge on any atom is 0.260 e. The maximum absolute atomic E-state index is 13.4. The molecule has 2 aliphatic carbocycles. The first-order valence-corrected chi connectivity index (χ1v) is 12.4. The fraction of sp³-hybridized carbons (Fsp3) is 0.444. The molecule has 2 amide bonds. The number of nitrogens with zero attached hydrogens (tertiary/aromatic N) is 3. The second kappa shape index (κ2) is 10.9. The van der Waals surface area contributed by atoms with Crippen LogP contribution in [0.1, 0.15) is 41.3 Å². The number of carbonyl (C=O) groups is 3. The quantitative estimate of drug-likeness (QED) is 0.502. The largest absolute Gasteiger partial charge is 0.353 e. The second-order valence-electron chi connectivity index (χ2n) is 9.27. The number of nitrogens with one attached hydrogen (secondary N) is 2. The van der Waals surface area contributed by atoms with Crippen LogP contribution in [-0.2, 0) is 16.0 Å². The predicted molar refractivity (Wildman–Crippen MR) is 137 cm³/mol. The monoisotopic (exact) mass is 477 g/mol. The number of benzene rings is 1. The minimum absolute atomic E-state index is 0.0297. The van der Waals surface area contributed by atoms with Crippen molar-refractivity contribution < 1.29 is 14.4 Å². The predicted octanol–water partition coefficient (Wildman–Crippen LogP) is 2.12. The van der Waals surface area contributed by atoms with Crippen LogP contribution in [0.3, 0.4) is 0 Å². The van der Waals surface area contributed by atoms with Crippen molar-refractivity contribution in [3.63, 3.8) is 0 Å². The van der Waals surface area contributed by atoms with Gasteiger partial charge in [0.1, 0.15) is 0 Å². The van der Waals surface area contributed by atoms with Crippen LogP contribution in [0.15, 0.2) is 47.7 Å².